The van der Waals surface area contributed by atoms with Crippen LogP contribution in [-0.4, -0.2) is 18.0 Å². The predicted octanol–water partition coefficient (Wildman–Crippen LogP) is 4.46. The van der Waals surface area contributed by atoms with Crippen molar-refractivity contribution < 1.29 is 4.79 Å². The van der Waals surface area contributed by atoms with Gasteiger partial charge >= 0.3 is 0 Å². The summed E-state index contributed by atoms with van der Waals surface area (Å²) in [7, 11) is 0. The van der Waals surface area contributed by atoms with Gasteiger partial charge in [0.1, 0.15) is 6.34 Å². The fraction of sp³-hybridized carbons (Fsp3) is 0.125. The molecule has 4 nitrogen and oxygen atoms in total. The zero-order valence-electron chi connectivity index (χ0n) is 11.4. The van der Waals surface area contributed by atoms with Crippen LogP contribution < -0.4 is 0 Å². The van der Waals surface area contributed by atoms with Crippen molar-refractivity contribution in [2.24, 2.45) is 15.2 Å². The number of benzene rings is 2. The normalized spacial score (nSPS) is 19.5. The summed E-state index contributed by atoms with van der Waals surface area (Å²) in [6, 6.07) is 14.0. The average molecular weight is 332 g/mol. The van der Waals surface area contributed by atoms with Crippen LogP contribution in [-0.2, 0) is 5.66 Å². The molecule has 2 aromatic rings. The maximum atomic E-state index is 12.8. The van der Waals surface area contributed by atoms with Gasteiger partial charge in [-0.2, -0.15) is 5.11 Å². The number of carbonyl (C=O) groups excluding carboxylic acids is 1. The van der Waals surface area contributed by atoms with E-state index in [-0.39, 0.29) is 11.7 Å². The van der Waals surface area contributed by atoms with Crippen LogP contribution in [0.4, 0.5) is 0 Å². The number of azo groups is 1. The van der Waals surface area contributed by atoms with E-state index in [2.05, 4.69) is 15.2 Å². The van der Waals surface area contributed by atoms with Crippen LogP contribution in [0.25, 0.3) is 0 Å². The summed E-state index contributed by atoms with van der Waals surface area (Å²) >= 11 is 12.1. The predicted molar refractivity (Wildman–Crippen MR) is 87.1 cm³/mol. The molecule has 1 unspecified atom stereocenters. The first-order chi connectivity index (χ1) is 10.7. The van der Waals surface area contributed by atoms with Crippen molar-refractivity contribution >= 4 is 35.3 Å². The van der Waals surface area contributed by atoms with Crippen molar-refractivity contribution in [3.05, 3.63) is 70.2 Å². The largest absolute Gasteiger partial charge is 0.289 e. The minimum atomic E-state index is -1.06. The Labute approximate surface area is 137 Å². The Bertz CT molecular complexity index is 760. The molecule has 0 fully saturated rings. The topological polar surface area (TPSA) is 54.1 Å². The summed E-state index contributed by atoms with van der Waals surface area (Å²) in [5, 5.41) is 8.35. The summed E-state index contributed by atoms with van der Waals surface area (Å²) in [4.78, 5) is 17.0. The van der Waals surface area contributed by atoms with Crippen LogP contribution >= 0.6 is 23.2 Å². The van der Waals surface area contributed by atoms with E-state index in [0.717, 1.165) is 0 Å². The van der Waals surface area contributed by atoms with Gasteiger partial charge in [-0.1, -0.05) is 48.0 Å². The van der Waals surface area contributed by atoms with Crippen molar-refractivity contribution in [3.63, 3.8) is 0 Å². The average Bonchev–Trinajstić information content (AvgIpc) is 3.05. The van der Waals surface area contributed by atoms with Crippen molar-refractivity contribution in [1.82, 2.24) is 0 Å². The highest BCUT2D eigenvalue weighted by Crippen LogP contribution is 2.36. The number of alkyl halides is 1. The van der Waals surface area contributed by atoms with Gasteiger partial charge in [0.15, 0.2) is 5.78 Å². The Kier molecular flexibility index (Phi) is 4.05. The smallest absolute Gasteiger partial charge is 0.212 e. The van der Waals surface area contributed by atoms with Crippen LogP contribution in [0.3, 0.4) is 0 Å². The highest BCUT2D eigenvalue weighted by Gasteiger charge is 2.36. The molecule has 0 radical (unpaired) electrons. The molecule has 110 valence electrons. The molecule has 22 heavy (non-hydrogen) atoms. The second-order valence-corrected chi connectivity index (χ2v) is 5.50. The number of halogens is 2. The second-order valence-electron chi connectivity index (χ2n) is 4.80. The summed E-state index contributed by atoms with van der Waals surface area (Å²) < 4.78 is 0. The van der Waals surface area contributed by atoms with Gasteiger partial charge in [0, 0.05) is 21.7 Å². The van der Waals surface area contributed by atoms with Gasteiger partial charge in [-0.15, -0.1) is 16.7 Å². The molecular weight excluding hydrogens is 321 g/mol. The van der Waals surface area contributed by atoms with E-state index in [1.165, 1.54) is 6.34 Å². The van der Waals surface area contributed by atoms with E-state index in [9.17, 15) is 4.79 Å². The van der Waals surface area contributed by atoms with E-state index in [4.69, 9.17) is 23.2 Å². The molecule has 1 aliphatic heterocycles. The lowest BCUT2D eigenvalue weighted by molar-refractivity contribution is 0.103. The fourth-order valence-corrected chi connectivity index (χ4v) is 2.76. The monoisotopic (exact) mass is 331 g/mol. The molecule has 0 bridgehead atoms. The maximum absolute atomic E-state index is 12.8. The Morgan fingerprint density at radius 1 is 1.14 bits per heavy atom. The van der Waals surface area contributed by atoms with E-state index >= 15 is 0 Å². The molecule has 3 rings (SSSR count). The third kappa shape index (κ3) is 2.56. The number of nitrogens with zero attached hydrogens (tertiary/aromatic N) is 3. The van der Waals surface area contributed by atoms with E-state index < -0.39 is 5.66 Å². The summed E-state index contributed by atoms with van der Waals surface area (Å²) in [5.41, 5.74) is 0.525. The van der Waals surface area contributed by atoms with Gasteiger partial charge < -0.3 is 0 Å². The number of rotatable bonds is 4. The molecule has 0 amide bonds. The molecule has 0 spiro atoms. The molecule has 0 aromatic heterocycles. The summed E-state index contributed by atoms with van der Waals surface area (Å²) in [6.45, 7) is 0. The zero-order chi connectivity index (χ0) is 15.6. The Hall–Kier alpha value is -2.04. The highest BCUT2D eigenvalue weighted by molar-refractivity contribution is 6.31. The van der Waals surface area contributed by atoms with Crippen molar-refractivity contribution in [2.75, 3.05) is 5.88 Å². The number of carbonyl (C=O) groups is 1. The number of hydrogen-bond acceptors (Lipinski definition) is 4. The standard InChI is InChI=1S/C16H11Cl2N3O/c17-9-16(19-10-20-21-16)14-7-6-12(18)8-13(14)15(22)11-4-2-1-3-5-11/h1-8,10H,9H2. The zero-order valence-corrected chi connectivity index (χ0v) is 12.9. The third-order valence-electron chi connectivity index (χ3n) is 3.43. The molecule has 1 heterocycles. The summed E-state index contributed by atoms with van der Waals surface area (Å²) in [6.07, 6.45) is 1.34. The van der Waals surface area contributed by atoms with E-state index in [0.29, 0.717) is 21.7 Å². The third-order valence-corrected chi connectivity index (χ3v) is 4.03. The lowest BCUT2D eigenvalue weighted by atomic mass is 9.91. The first-order valence-electron chi connectivity index (χ1n) is 6.58. The van der Waals surface area contributed by atoms with Crippen molar-refractivity contribution in [2.45, 2.75) is 5.66 Å². The minimum Gasteiger partial charge on any atom is -0.289 e. The Morgan fingerprint density at radius 2 is 1.91 bits per heavy atom. The quantitative estimate of drug-likeness (QED) is 0.602. The van der Waals surface area contributed by atoms with E-state index in [1.54, 1.807) is 30.3 Å². The van der Waals surface area contributed by atoms with Gasteiger partial charge in [-0.25, -0.2) is 4.99 Å². The first-order valence-corrected chi connectivity index (χ1v) is 7.49. The van der Waals surface area contributed by atoms with Crippen LogP contribution in [0.1, 0.15) is 21.5 Å². The van der Waals surface area contributed by atoms with Gasteiger partial charge in [-0.3, -0.25) is 4.79 Å². The van der Waals surface area contributed by atoms with Crippen LogP contribution in [0.2, 0.25) is 5.02 Å². The fourth-order valence-electron chi connectivity index (χ4n) is 2.32. The lowest BCUT2D eigenvalue weighted by Crippen LogP contribution is -2.24. The molecule has 2 aromatic carbocycles. The SMILES string of the molecule is O=C(c1ccccc1)c1cc(Cl)ccc1C1(CCl)N=CN=N1. The molecule has 1 aliphatic rings. The van der Waals surface area contributed by atoms with Gasteiger partial charge in [0.25, 0.3) is 0 Å². The Morgan fingerprint density at radius 3 is 2.55 bits per heavy atom. The molecule has 0 N–H and O–H groups in total. The summed E-state index contributed by atoms with van der Waals surface area (Å²) in [5.74, 6) is -0.0659. The number of ketones is 1. The lowest BCUT2D eigenvalue weighted by Gasteiger charge is -2.22. The molecule has 1 atom stereocenters. The second kappa shape index (κ2) is 5.99. The first kappa shape index (κ1) is 14.9. The molecule has 6 heteroatoms. The van der Waals surface area contributed by atoms with Crippen molar-refractivity contribution in [1.29, 1.82) is 0 Å². The molecule has 0 saturated heterocycles. The van der Waals surface area contributed by atoms with Gasteiger partial charge in [0.2, 0.25) is 5.66 Å². The van der Waals surface area contributed by atoms with Crippen LogP contribution in [0.15, 0.2) is 63.8 Å². The molecule has 0 saturated carbocycles. The number of hydrogen-bond donors (Lipinski definition) is 0. The van der Waals surface area contributed by atoms with E-state index in [1.807, 2.05) is 18.2 Å². The maximum Gasteiger partial charge on any atom is 0.212 e. The van der Waals surface area contributed by atoms with Crippen LogP contribution in [0.5, 0.6) is 0 Å². The van der Waals surface area contributed by atoms with Crippen LogP contribution in [0, 0.1) is 0 Å². The minimum absolute atomic E-state index is 0.0870. The Balaban J connectivity index is 2.16. The molecule has 0 aliphatic carbocycles. The van der Waals surface area contributed by atoms with Crippen molar-refractivity contribution in [3.8, 4) is 0 Å². The van der Waals surface area contributed by atoms with Gasteiger partial charge in [0.05, 0.1) is 5.88 Å². The molecular formula is C16H11Cl2N3O. The van der Waals surface area contributed by atoms with Gasteiger partial charge in [-0.05, 0) is 12.1 Å². The highest BCUT2D eigenvalue weighted by atomic mass is 35.5. The number of aliphatic imine (C=N–C) groups is 1.